The monoisotopic (exact) mass is 366 g/mol. The van der Waals surface area contributed by atoms with E-state index in [1.54, 1.807) is 43.4 Å². The van der Waals surface area contributed by atoms with Gasteiger partial charge in [0, 0.05) is 9.80 Å². The molecule has 130 valence electrons. The lowest BCUT2D eigenvalue weighted by Gasteiger charge is -2.08. The van der Waals surface area contributed by atoms with Gasteiger partial charge in [-0.3, -0.25) is 0 Å². The van der Waals surface area contributed by atoms with Crippen molar-refractivity contribution < 1.29 is 19.8 Å². The third kappa shape index (κ3) is 7.10. The first-order chi connectivity index (χ1) is 11.5. The molecule has 0 unspecified atom stereocenters. The molecule has 24 heavy (non-hydrogen) atoms. The van der Waals surface area contributed by atoms with Crippen molar-refractivity contribution in [3.8, 4) is 0 Å². The van der Waals surface area contributed by atoms with Crippen molar-refractivity contribution in [3.05, 3.63) is 64.6 Å². The maximum atomic E-state index is 11.3. The highest BCUT2D eigenvalue weighted by molar-refractivity contribution is 8.78. The molecular formula is C18H22O4S2. The SMILES string of the molecule is CC.C\C=C/C=C(SSc1ccccc1C(=O)O)\C(=C/C)C(=O)O. The Bertz CT molecular complexity index is 646. The molecule has 0 aliphatic rings. The minimum atomic E-state index is -1.02. The van der Waals surface area contributed by atoms with Gasteiger partial charge < -0.3 is 10.2 Å². The number of carbonyl (C=O) groups is 2. The zero-order valence-corrected chi connectivity index (χ0v) is 15.8. The molecule has 0 radical (unpaired) electrons. The van der Waals surface area contributed by atoms with E-state index in [1.807, 2.05) is 20.8 Å². The van der Waals surface area contributed by atoms with E-state index in [-0.39, 0.29) is 11.1 Å². The summed E-state index contributed by atoms with van der Waals surface area (Å²) in [7, 11) is 2.45. The number of rotatable bonds is 7. The lowest BCUT2D eigenvalue weighted by atomic mass is 10.2. The number of aliphatic carboxylic acids is 1. The molecule has 0 aromatic heterocycles. The second-order valence-corrected chi connectivity index (χ2v) is 6.25. The fraction of sp³-hybridized carbons (Fsp3) is 0.222. The molecular weight excluding hydrogens is 344 g/mol. The number of hydrogen-bond acceptors (Lipinski definition) is 4. The zero-order chi connectivity index (χ0) is 18.5. The number of benzene rings is 1. The summed E-state index contributed by atoms with van der Waals surface area (Å²) < 4.78 is 0. The lowest BCUT2D eigenvalue weighted by molar-refractivity contribution is -0.132. The van der Waals surface area contributed by atoms with Crippen molar-refractivity contribution in [1.82, 2.24) is 0 Å². The Morgan fingerprint density at radius 1 is 1.08 bits per heavy atom. The van der Waals surface area contributed by atoms with Gasteiger partial charge in [-0.2, -0.15) is 0 Å². The van der Waals surface area contributed by atoms with Gasteiger partial charge in [-0.15, -0.1) is 0 Å². The van der Waals surface area contributed by atoms with Crippen LogP contribution in [0.1, 0.15) is 38.1 Å². The average Bonchev–Trinajstić information content (AvgIpc) is 2.59. The highest BCUT2D eigenvalue weighted by atomic mass is 33.1. The summed E-state index contributed by atoms with van der Waals surface area (Å²) in [6, 6.07) is 6.63. The molecule has 0 atom stereocenters. The van der Waals surface area contributed by atoms with Gasteiger partial charge in [-0.25, -0.2) is 9.59 Å². The van der Waals surface area contributed by atoms with Crippen molar-refractivity contribution >= 4 is 33.5 Å². The van der Waals surface area contributed by atoms with Gasteiger partial charge in [0.1, 0.15) is 0 Å². The molecule has 6 heteroatoms. The van der Waals surface area contributed by atoms with Gasteiger partial charge in [-0.05, 0) is 32.1 Å². The minimum Gasteiger partial charge on any atom is -0.478 e. The number of allylic oxidation sites excluding steroid dienone is 4. The lowest BCUT2D eigenvalue weighted by Crippen LogP contribution is -2.01. The highest BCUT2D eigenvalue weighted by Crippen LogP contribution is 2.41. The summed E-state index contributed by atoms with van der Waals surface area (Å²) in [6.45, 7) is 7.49. The normalized spacial score (nSPS) is 11.8. The predicted molar refractivity (Wildman–Crippen MR) is 102 cm³/mol. The maximum Gasteiger partial charge on any atom is 0.336 e. The largest absolute Gasteiger partial charge is 0.478 e. The van der Waals surface area contributed by atoms with E-state index in [0.717, 1.165) is 0 Å². The van der Waals surface area contributed by atoms with Crippen LogP contribution in [0.4, 0.5) is 0 Å². The molecule has 0 fully saturated rings. The van der Waals surface area contributed by atoms with Crippen LogP contribution in [0, 0.1) is 0 Å². The number of carboxylic acids is 2. The zero-order valence-electron chi connectivity index (χ0n) is 14.1. The Morgan fingerprint density at radius 3 is 2.21 bits per heavy atom. The molecule has 1 aromatic rings. The molecule has 2 N–H and O–H groups in total. The van der Waals surface area contributed by atoms with Crippen LogP contribution in [0.3, 0.4) is 0 Å². The molecule has 0 aliphatic carbocycles. The number of carboxylic acid groups (broad SMARTS) is 2. The molecule has 1 aromatic carbocycles. The molecule has 1 rings (SSSR count). The van der Waals surface area contributed by atoms with E-state index in [2.05, 4.69) is 0 Å². The Kier molecular flexibility index (Phi) is 11.5. The first-order valence-electron chi connectivity index (χ1n) is 7.41. The molecule has 0 bridgehead atoms. The summed E-state index contributed by atoms with van der Waals surface area (Å²) in [5.41, 5.74) is 0.381. The number of aromatic carboxylic acids is 1. The molecule has 0 amide bonds. The Morgan fingerprint density at radius 2 is 1.71 bits per heavy atom. The van der Waals surface area contributed by atoms with Gasteiger partial charge in [-0.1, -0.05) is 65.8 Å². The Labute approximate surface area is 150 Å². The smallest absolute Gasteiger partial charge is 0.336 e. The fourth-order valence-corrected chi connectivity index (χ4v) is 3.92. The van der Waals surface area contributed by atoms with Gasteiger partial charge >= 0.3 is 11.9 Å². The van der Waals surface area contributed by atoms with Crippen LogP contribution >= 0.6 is 21.6 Å². The van der Waals surface area contributed by atoms with E-state index in [1.165, 1.54) is 33.7 Å². The molecule has 0 heterocycles. The van der Waals surface area contributed by atoms with Crippen LogP contribution in [0.15, 0.2) is 63.9 Å². The first-order valence-corrected chi connectivity index (χ1v) is 9.56. The quantitative estimate of drug-likeness (QED) is 0.369. The molecule has 4 nitrogen and oxygen atoms in total. The summed E-state index contributed by atoms with van der Waals surface area (Å²) >= 11 is 0. The van der Waals surface area contributed by atoms with Crippen LogP contribution in [0.25, 0.3) is 0 Å². The Balaban J connectivity index is 0.00000254. The van der Waals surface area contributed by atoms with E-state index >= 15 is 0 Å². The fourth-order valence-electron chi connectivity index (χ4n) is 1.52. The summed E-state index contributed by atoms with van der Waals surface area (Å²) in [6.07, 6.45) is 6.77. The first kappa shape index (κ1) is 22.1. The van der Waals surface area contributed by atoms with Gasteiger partial charge in [0.05, 0.1) is 11.1 Å². The van der Waals surface area contributed by atoms with Crippen LogP contribution in [0.2, 0.25) is 0 Å². The molecule has 0 saturated carbocycles. The van der Waals surface area contributed by atoms with Crippen LogP contribution in [0.5, 0.6) is 0 Å². The molecule has 0 aliphatic heterocycles. The minimum absolute atomic E-state index is 0.184. The molecule has 0 spiro atoms. The maximum absolute atomic E-state index is 11.3. The third-order valence-corrected chi connectivity index (χ3v) is 5.05. The standard InChI is InChI=1S/C16H16O4S2.C2H6/c1-3-5-9-13(11(4-2)15(17)18)21-22-14-10-7-6-8-12(14)16(19)20;1-2/h3-10H,1-2H3,(H,17,18)(H,19,20);1-2H3/b5-3-,11-4+,13-9+;. The summed E-state index contributed by atoms with van der Waals surface area (Å²) in [5.74, 6) is -2.02. The van der Waals surface area contributed by atoms with Crippen molar-refractivity contribution in [2.24, 2.45) is 0 Å². The van der Waals surface area contributed by atoms with Crippen molar-refractivity contribution in [2.45, 2.75) is 32.6 Å². The van der Waals surface area contributed by atoms with E-state index in [4.69, 9.17) is 5.11 Å². The van der Waals surface area contributed by atoms with Crippen LogP contribution in [-0.2, 0) is 4.79 Å². The summed E-state index contributed by atoms with van der Waals surface area (Å²) in [5, 5.41) is 18.4. The van der Waals surface area contributed by atoms with Gasteiger partial charge in [0.2, 0.25) is 0 Å². The van der Waals surface area contributed by atoms with E-state index in [0.29, 0.717) is 9.80 Å². The molecule has 0 saturated heterocycles. The van der Waals surface area contributed by atoms with Crippen LogP contribution in [-0.4, -0.2) is 22.2 Å². The predicted octanol–water partition coefficient (Wildman–Crippen LogP) is 5.64. The highest BCUT2D eigenvalue weighted by Gasteiger charge is 2.15. The van der Waals surface area contributed by atoms with Gasteiger partial charge in [0.15, 0.2) is 0 Å². The van der Waals surface area contributed by atoms with Crippen molar-refractivity contribution in [1.29, 1.82) is 0 Å². The second-order valence-electron chi connectivity index (χ2n) is 4.03. The Hall–Kier alpha value is -1.92. The van der Waals surface area contributed by atoms with E-state index in [9.17, 15) is 14.7 Å². The average molecular weight is 367 g/mol. The number of hydrogen-bond donors (Lipinski definition) is 2. The second kappa shape index (κ2) is 12.5. The van der Waals surface area contributed by atoms with Crippen LogP contribution < -0.4 is 0 Å². The topological polar surface area (TPSA) is 74.6 Å². The van der Waals surface area contributed by atoms with Crippen molar-refractivity contribution in [2.75, 3.05) is 0 Å². The van der Waals surface area contributed by atoms with Gasteiger partial charge in [0.25, 0.3) is 0 Å². The van der Waals surface area contributed by atoms with E-state index < -0.39 is 11.9 Å². The summed E-state index contributed by atoms with van der Waals surface area (Å²) in [4.78, 5) is 23.6. The third-order valence-electron chi connectivity index (χ3n) is 2.56. The van der Waals surface area contributed by atoms with Crippen molar-refractivity contribution in [3.63, 3.8) is 0 Å².